The van der Waals surface area contributed by atoms with Crippen LogP contribution in [0.4, 0.5) is 0 Å². The van der Waals surface area contributed by atoms with Crippen LogP contribution in [-0.4, -0.2) is 37.9 Å². The number of amides is 1. The Morgan fingerprint density at radius 1 is 0.806 bits per heavy atom. The molecule has 8 nitrogen and oxygen atoms in total. The minimum Gasteiger partial charge on any atom is -0.494 e. The van der Waals surface area contributed by atoms with Crippen LogP contribution in [0.2, 0.25) is 0 Å². The number of carbonyl (C=O) groups excluding carboxylic acids is 2. The number of hydrogen-bond donors (Lipinski definition) is 1. The fourth-order valence-corrected chi connectivity index (χ4v) is 3.13. The van der Waals surface area contributed by atoms with E-state index in [1.165, 1.54) is 6.21 Å². The molecule has 3 aromatic carbocycles. The highest BCUT2D eigenvalue weighted by molar-refractivity contribution is 5.92. The highest BCUT2D eigenvalue weighted by Gasteiger charge is 2.13. The van der Waals surface area contributed by atoms with Crippen LogP contribution < -0.4 is 24.4 Å². The number of rotatable bonds is 11. The lowest BCUT2D eigenvalue weighted by Gasteiger charge is -2.11. The van der Waals surface area contributed by atoms with Crippen LogP contribution in [0.5, 0.6) is 23.0 Å². The molecule has 0 radical (unpaired) electrons. The van der Waals surface area contributed by atoms with Gasteiger partial charge in [0, 0.05) is 0 Å². The van der Waals surface area contributed by atoms with Crippen LogP contribution >= 0.6 is 0 Å². The van der Waals surface area contributed by atoms with Gasteiger partial charge in [-0.25, -0.2) is 10.2 Å². The van der Waals surface area contributed by atoms with Gasteiger partial charge in [-0.05, 0) is 99.0 Å². The molecule has 0 aliphatic rings. The second-order valence-corrected chi connectivity index (χ2v) is 7.81. The molecule has 0 aromatic heterocycles. The van der Waals surface area contributed by atoms with Gasteiger partial charge in [0.2, 0.25) is 0 Å². The van der Waals surface area contributed by atoms with E-state index in [0.29, 0.717) is 41.6 Å². The molecular formula is C28H30N2O6. The number of nitrogens with zero attached hydrogens (tertiary/aromatic N) is 1. The first-order valence-electron chi connectivity index (χ1n) is 11.6. The molecule has 0 atom stereocenters. The summed E-state index contributed by atoms with van der Waals surface area (Å²) in [5, 5.41) is 3.97. The SMILES string of the molecule is CCOc1ccc(C(=O)Oc2ccc(/C=N\NC(=O)COc3ccc(C)c(C)c3)cc2OCC)cc1. The van der Waals surface area contributed by atoms with Crippen LogP contribution in [0.25, 0.3) is 0 Å². The van der Waals surface area contributed by atoms with E-state index in [2.05, 4.69) is 10.5 Å². The van der Waals surface area contributed by atoms with Crippen molar-refractivity contribution in [3.8, 4) is 23.0 Å². The molecule has 1 N–H and O–H groups in total. The number of nitrogens with one attached hydrogen (secondary N) is 1. The van der Waals surface area contributed by atoms with E-state index >= 15 is 0 Å². The highest BCUT2D eigenvalue weighted by Crippen LogP contribution is 2.29. The lowest BCUT2D eigenvalue weighted by atomic mass is 10.1. The molecule has 36 heavy (non-hydrogen) atoms. The third-order valence-corrected chi connectivity index (χ3v) is 5.12. The number of ether oxygens (including phenoxy) is 4. The van der Waals surface area contributed by atoms with Crippen LogP contribution in [0.1, 0.15) is 40.9 Å². The zero-order valence-electron chi connectivity index (χ0n) is 20.9. The smallest absolute Gasteiger partial charge is 0.343 e. The van der Waals surface area contributed by atoms with Crippen LogP contribution in [0, 0.1) is 13.8 Å². The third kappa shape index (κ3) is 7.59. The molecule has 0 aliphatic carbocycles. The number of benzene rings is 3. The fourth-order valence-electron chi connectivity index (χ4n) is 3.13. The average molecular weight is 491 g/mol. The Morgan fingerprint density at radius 3 is 2.22 bits per heavy atom. The Balaban J connectivity index is 1.58. The predicted molar refractivity (Wildman–Crippen MR) is 137 cm³/mol. The Bertz CT molecular complexity index is 1220. The molecule has 0 bridgehead atoms. The number of carbonyl (C=O) groups is 2. The second kappa shape index (κ2) is 12.9. The van der Waals surface area contributed by atoms with E-state index in [1.54, 1.807) is 42.5 Å². The normalized spacial score (nSPS) is 10.7. The molecular weight excluding hydrogens is 460 g/mol. The summed E-state index contributed by atoms with van der Waals surface area (Å²) in [4.78, 5) is 24.6. The standard InChI is InChI=1S/C28H30N2O6/c1-5-33-23-12-9-22(10-13-23)28(32)36-25-14-8-21(16-26(25)34-6-2)17-29-30-27(31)18-35-24-11-7-19(3)20(4)15-24/h7-17H,5-6,18H2,1-4H3,(H,30,31)/b29-17-. The van der Waals surface area contributed by atoms with Crippen molar-refractivity contribution in [3.05, 3.63) is 82.9 Å². The van der Waals surface area contributed by atoms with E-state index in [0.717, 1.165) is 11.1 Å². The van der Waals surface area contributed by atoms with E-state index in [-0.39, 0.29) is 12.4 Å². The van der Waals surface area contributed by atoms with E-state index in [1.807, 2.05) is 45.9 Å². The maximum atomic E-state index is 12.6. The number of aryl methyl sites for hydroxylation is 2. The average Bonchev–Trinajstić information content (AvgIpc) is 2.87. The summed E-state index contributed by atoms with van der Waals surface area (Å²) >= 11 is 0. The van der Waals surface area contributed by atoms with Gasteiger partial charge in [0.05, 0.1) is 25.0 Å². The van der Waals surface area contributed by atoms with Gasteiger partial charge >= 0.3 is 5.97 Å². The summed E-state index contributed by atoms with van der Waals surface area (Å²) < 4.78 is 22.1. The zero-order chi connectivity index (χ0) is 25.9. The number of esters is 1. The van der Waals surface area contributed by atoms with Crippen LogP contribution in [0.15, 0.2) is 65.8 Å². The van der Waals surface area contributed by atoms with Crippen molar-refractivity contribution in [2.24, 2.45) is 5.10 Å². The lowest BCUT2D eigenvalue weighted by molar-refractivity contribution is -0.123. The van der Waals surface area contributed by atoms with Crippen molar-refractivity contribution in [2.45, 2.75) is 27.7 Å². The maximum absolute atomic E-state index is 12.6. The first kappa shape index (κ1) is 26.3. The molecule has 0 spiro atoms. The molecule has 1 amide bonds. The van der Waals surface area contributed by atoms with Gasteiger partial charge in [-0.15, -0.1) is 0 Å². The first-order valence-corrected chi connectivity index (χ1v) is 11.6. The van der Waals surface area contributed by atoms with Crippen LogP contribution in [-0.2, 0) is 4.79 Å². The van der Waals surface area contributed by atoms with Gasteiger partial charge in [0.25, 0.3) is 5.91 Å². The summed E-state index contributed by atoms with van der Waals surface area (Å²) in [6.45, 7) is 8.47. The quantitative estimate of drug-likeness (QED) is 0.179. The maximum Gasteiger partial charge on any atom is 0.343 e. The van der Waals surface area contributed by atoms with Gasteiger partial charge in [-0.1, -0.05) is 6.07 Å². The summed E-state index contributed by atoms with van der Waals surface area (Å²) in [7, 11) is 0. The van der Waals surface area contributed by atoms with Crippen molar-refractivity contribution in [3.63, 3.8) is 0 Å². The zero-order valence-corrected chi connectivity index (χ0v) is 20.9. The van der Waals surface area contributed by atoms with Crippen LogP contribution in [0.3, 0.4) is 0 Å². The summed E-state index contributed by atoms with van der Waals surface area (Å²) in [5.74, 6) is 1.04. The van der Waals surface area contributed by atoms with Gasteiger partial charge in [0.15, 0.2) is 18.1 Å². The van der Waals surface area contributed by atoms with Crippen molar-refractivity contribution in [1.29, 1.82) is 0 Å². The molecule has 8 heteroatoms. The molecule has 0 unspecified atom stereocenters. The molecule has 0 saturated heterocycles. The molecule has 188 valence electrons. The summed E-state index contributed by atoms with van der Waals surface area (Å²) in [6, 6.07) is 17.3. The summed E-state index contributed by atoms with van der Waals surface area (Å²) in [6.07, 6.45) is 1.47. The van der Waals surface area contributed by atoms with Gasteiger partial charge < -0.3 is 18.9 Å². The van der Waals surface area contributed by atoms with E-state index in [9.17, 15) is 9.59 Å². The molecule has 0 heterocycles. The van der Waals surface area contributed by atoms with Crippen molar-refractivity contribution in [2.75, 3.05) is 19.8 Å². The van der Waals surface area contributed by atoms with E-state index < -0.39 is 11.9 Å². The topological polar surface area (TPSA) is 95.5 Å². The number of hydrazone groups is 1. The van der Waals surface area contributed by atoms with Crippen molar-refractivity contribution >= 4 is 18.1 Å². The largest absolute Gasteiger partial charge is 0.494 e. The monoisotopic (exact) mass is 490 g/mol. The fraction of sp³-hybridized carbons (Fsp3) is 0.250. The lowest BCUT2D eigenvalue weighted by Crippen LogP contribution is -2.24. The Morgan fingerprint density at radius 2 is 1.53 bits per heavy atom. The third-order valence-electron chi connectivity index (χ3n) is 5.12. The predicted octanol–water partition coefficient (Wildman–Crippen LogP) is 4.85. The minimum atomic E-state index is -0.517. The Hall–Kier alpha value is -4.33. The minimum absolute atomic E-state index is 0.162. The first-order chi connectivity index (χ1) is 17.4. The molecule has 0 fully saturated rings. The second-order valence-electron chi connectivity index (χ2n) is 7.81. The van der Waals surface area contributed by atoms with Gasteiger partial charge in [0.1, 0.15) is 11.5 Å². The molecule has 3 aromatic rings. The van der Waals surface area contributed by atoms with Crippen molar-refractivity contribution < 1.29 is 28.5 Å². The molecule has 0 saturated carbocycles. The van der Waals surface area contributed by atoms with Crippen molar-refractivity contribution in [1.82, 2.24) is 5.43 Å². The molecule has 0 aliphatic heterocycles. The van der Waals surface area contributed by atoms with Gasteiger partial charge in [-0.3, -0.25) is 4.79 Å². The Labute approximate surface area is 210 Å². The van der Waals surface area contributed by atoms with Gasteiger partial charge in [-0.2, -0.15) is 5.10 Å². The summed E-state index contributed by atoms with van der Waals surface area (Å²) in [5.41, 5.74) is 5.70. The highest BCUT2D eigenvalue weighted by atomic mass is 16.6. The van der Waals surface area contributed by atoms with E-state index in [4.69, 9.17) is 18.9 Å². The number of hydrogen-bond acceptors (Lipinski definition) is 7. The molecule has 3 rings (SSSR count). The Kier molecular flexibility index (Phi) is 9.45.